The van der Waals surface area contributed by atoms with Crippen LogP contribution < -0.4 is 5.56 Å². The van der Waals surface area contributed by atoms with Gasteiger partial charge in [-0.2, -0.15) is 0 Å². The van der Waals surface area contributed by atoms with Gasteiger partial charge in [-0.15, -0.1) is 0 Å². The van der Waals surface area contributed by atoms with E-state index in [-0.39, 0.29) is 11.5 Å². The Morgan fingerprint density at radius 2 is 2.13 bits per heavy atom. The summed E-state index contributed by atoms with van der Waals surface area (Å²) >= 11 is 1.48. The van der Waals surface area contributed by atoms with E-state index < -0.39 is 0 Å². The van der Waals surface area contributed by atoms with E-state index in [1.54, 1.807) is 29.8 Å². The van der Waals surface area contributed by atoms with Crippen molar-refractivity contribution in [1.82, 2.24) is 9.55 Å². The molecule has 5 nitrogen and oxygen atoms in total. The average molecular weight is 332 g/mol. The van der Waals surface area contributed by atoms with Crippen molar-refractivity contribution < 1.29 is 9.53 Å². The lowest BCUT2D eigenvalue weighted by Crippen LogP contribution is -2.20. The zero-order chi connectivity index (χ0) is 16.8. The Morgan fingerprint density at radius 3 is 2.83 bits per heavy atom. The molecular weight excluding hydrogens is 312 g/mol. The average Bonchev–Trinajstić information content (AvgIpc) is 2.56. The van der Waals surface area contributed by atoms with Gasteiger partial charge in [-0.3, -0.25) is 9.36 Å². The smallest absolute Gasteiger partial charge is 0.337 e. The second-order valence-corrected chi connectivity index (χ2v) is 6.10. The van der Waals surface area contributed by atoms with Crippen LogP contribution in [0.1, 0.15) is 35.0 Å². The fourth-order valence-corrected chi connectivity index (χ4v) is 3.07. The Balaban J connectivity index is 2.17. The molecule has 0 aliphatic rings. The van der Waals surface area contributed by atoms with Gasteiger partial charge in [0.1, 0.15) is 0 Å². The molecule has 6 heteroatoms. The SMILES string of the molecule is CCCc1cc(=O)n(C)c(SCc2cccc(C(=O)OC)c2)n1. The zero-order valence-corrected chi connectivity index (χ0v) is 14.4. The van der Waals surface area contributed by atoms with Gasteiger partial charge in [0, 0.05) is 24.6 Å². The molecule has 0 saturated heterocycles. The number of thioether (sulfide) groups is 1. The molecule has 1 aromatic carbocycles. The minimum absolute atomic E-state index is 0.0470. The fourth-order valence-electron chi connectivity index (χ4n) is 2.13. The van der Waals surface area contributed by atoms with Crippen LogP contribution in [0.3, 0.4) is 0 Å². The quantitative estimate of drug-likeness (QED) is 0.462. The molecule has 0 atom stereocenters. The number of hydrogen-bond donors (Lipinski definition) is 0. The number of ether oxygens (including phenoxy) is 1. The standard InChI is InChI=1S/C17H20N2O3S/c1-4-6-14-10-15(20)19(2)17(18-14)23-11-12-7-5-8-13(9-12)16(21)22-3/h5,7-10H,4,6,11H2,1-3H3. The molecule has 122 valence electrons. The Labute approximate surface area is 139 Å². The highest BCUT2D eigenvalue weighted by molar-refractivity contribution is 7.98. The van der Waals surface area contributed by atoms with Crippen molar-refractivity contribution in [2.45, 2.75) is 30.7 Å². The molecule has 23 heavy (non-hydrogen) atoms. The Hall–Kier alpha value is -2.08. The molecule has 0 saturated carbocycles. The third kappa shape index (κ3) is 4.45. The maximum absolute atomic E-state index is 12.0. The second-order valence-electron chi connectivity index (χ2n) is 5.16. The third-order valence-electron chi connectivity index (χ3n) is 3.37. The van der Waals surface area contributed by atoms with Crippen LogP contribution in [0.5, 0.6) is 0 Å². The number of hydrogen-bond acceptors (Lipinski definition) is 5. The number of carbonyl (C=O) groups excluding carboxylic acids is 1. The highest BCUT2D eigenvalue weighted by atomic mass is 32.2. The van der Waals surface area contributed by atoms with E-state index in [2.05, 4.69) is 11.9 Å². The number of methoxy groups -OCH3 is 1. The van der Waals surface area contributed by atoms with E-state index >= 15 is 0 Å². The summed E-state index contributed by atoms with van der Waals surface area (Å²) in [6.45, 7) is 2.06. The number of nitrogens with zero attached hydrogens (tertiary/aromatic N) is 2. The van der Waals surface area contributed by atoms with E-state index in [0.717, 1.165) is 24.1 Å². The van der Waals surface area contributed by atoms with Gasteiger partial charge in [0.25, 0.3) is 5.56 Å². The largest absolute Gasteiger partial charge is 0.465 e. The van der Waals surface area contributed by atoms with E-state index in [0.29, 0.717) is 16.5 Å². The van der Waals surface area contributed by atoms with Crippen molar-refractivity contribution in [3.05, 3.63) is 57.5 Å². The van der Waals surface area contributed by atoms with Crippen LogP contribution in [0.25, 0.3) is 0 Å². The summed E-state index contributed by atoms with van der Waals surface area (Å²) in [5, 5.41) is 0.685. The number of carbonyl (C=O) groups is 1. The predicted octanol–water partition coefficient (Wildman–Crippen LogP) is 2.81. The van der Waals surface area contributed by atoms with Crippen LogP contribution in [0.15, 0.2) is 40.3 Å². The van der Waals surface area contributed by atoms with Crippen molar-refractivity contribution in [2.75, 3.05) is 7.11 Å². The molecule has 0 aliphatic carbocycles. The summed E-state index contributed by atoms with van der Waals surface area (Å²) in [5.74, 6) is 0.271. The molecule has 2 aromatic rings. The van der Waals surface area contributed by atoms with Gasteiger partial charge in [0.15, 0.2) is 5.16 Å². The molecule has 0 unspecified atom stereocenters. The summed E-state index contributed by atoms with van der Waals surface area (Å²) in [4.78, 5) is 28.1. The summed E-state index contributed by atoms with van der Waals surface area (Å²) in [6.07, 6.45) is 1.74. The van der Waals surface area contributed by atoms with E-state index in [1.807, 2.05) is 12.1 Å². The van der Waals surface area contributed by atoms with Crippen LogP contribution in [-0.2, 0) is 24.0 Å². The summed E-state index contributed by atoms with van der Waals surface area (Å²) in [7, 11) is 3.08. The molecule has 0 fully saturated rings. The van der Waals surface area contributed by atoms with Gasteiger partial charge in [-0.25, -0.2) is 9.78 Å². The van der Waals surface area contributed by atoms with Crippen molar-refractivity contribution in [1.29, 1.82) is 0 Å². The summed E-state index contributed by atoms with van der Waals surface area (Å²) in [5.41, 5.74) is 2.27. The van der Waals surface area contributed by atoms with Crippen molar-refractivity contribution >= 4 is 17.7 Å². The first-order chi connectivity index (χ1) is 11.0. The van der Waals surface area contributed by atoms with Crippen LogP contribution in [0.2, 0.25) is 0 Å². The lowest BCUT2D eigenvalue weighted by atomic mass is 10.1. The number of aryl methyl sites for hydroxylation is 1. The summed E-state index contributed by atoms with van der Waals surface area (Å²) < 4.78 is 6.28. The molecule has 0 spiro atoms. The molecule has 1 heterocycles. The lowest BCUT2D eigenvalue weighted by Gasteiger charge is -2.09. The lowest BCUT2D eigenvalue weighted by molar-refractivity contribution is 0.0600. The third-order valence-corrected chi connectivity index (χ3v) is 4.47. The summed E-state index contributed by atoms with van der Waals surface area (Å²) in [6, 6.07) is 8.86. The molecule has 0 aliphatic heterocycles. The van der Waals surface area contributed by atoms with Gasteiger partial charge in [-0.05, 0) is 24.1 Å². The molecule has 1 aromatic heterocycles. The molecule has 0 N–H and O–H groups in total. The van der Waals surface area contributed by atoms with Gasteiger partial charge in [0.2, 0.25) is 0 Å². The van der Waals surface area contributed by atoms with Crippen molar-refractivity contribution in [2.24, 2.45) is 7.05 Å². The number of esters is 1. The molecular formula is C17H20N2O3S. The first-order valence-corrected chi connectivity index (χ1v) is 8.40. The monoisotopic (exact) mass is 332 g/mol. The highest BCUT2D eigenvalue weighted by Crippen LogP contribution is 2.21. The number of rotatable bonds is 6. The molecule has 0 bridgehead atoms. The van der Waals surface area contributed by atoms with Crippen LogP contribution in [0, 0.1) is 0 Å². The van der Waals surface area contributed by atoms with Crippen LogP contribution >= 0.6 is 11.8 Å². The van der Waals surface area contributed by atoms with E-state index in [4.69, 9.17) is 4.74 Å². The van der Waals surface area contributed by atoms with Crippen LogP contribution in [0.4, 0.5) is 0 Å². The Kier molecular flexibility index (Phi) is 5.98. The Morgan fingerprint density at radius 1 is 1.35 bits per heavy atom. The van der Waals surface area contributed by atoms with Gasteiger partial charge in [0.05, 0.1) is 12.7 Å². The minimum Gasteiger partial charge on any atom is -0.465 e. The first-order valence-electron chi connectivity index (χ1n) is 7.42. The van der Waals surface area contributed by atoms with Gasteiger partial charge in [-0.1, -0.05) is 37.2 Å². The zero-order valence-electron chi connectivity index (χ0n) is 13.5. The van der Waals surface area contributed by atoms with E-state index in [9.17, 15) is 9.59 Å². The maximum Gasteiger partial charge on any atom is 0.337 e. The van der Waals surface area contributed by atoms with Gasteiger partial charge < -0.3 is 4.74 Å². The minimum atomic E-state index is -0.354. The topological polar surface area (TPSA) is 61.2 Å². The molecule has 0 radical (unpaired) electrons. The normalized spacial score (nSPS) is 10.6. The fraction of sp³-hybridized carbons (Fsp3) is 0.353. The van der Waals surface area contributed by atoms with Gasteiger partial charge >= 0.3 is 5.97 Å². The molecule has 2 rings (SSSR count). The second kappa shape index (κ2) is 7.97. The number of benzene rings is 1. The highest BCUT2D eigenvalue weighted by Gasteiger charge is 2.09. The predicted molar refractivity (Wildman–Crippen MR) is 90.8 cm³/mol. The Bertz CT molecular complexity index is 756. The maximum atomic E-state index is 12.0. The molecule has 0 amide bonds. The number of aromatic nitrogens is 2. The van der Waals surface area contributed by atoms with Crippen molar-refractivity contribution in [3.63, 3.8) is 0 Å². The van der Waals surface area contributed by atoms with Crippen LogP contribution in [-0.4, -0.2) is 22.6 Å². The van der Waals surface area contributed by atoms with Crippen molar-refractivity contribution in [3.8, 4) is 0 Å². The van der Waals surface area contributed by atoms with E-state index in [1.165, 1.54) is 18.9 Å². The first kappa shape index (κ1) is 17.3.